The fourth-order valence-electron chi connectivity index (χ4n) is 3.14. The molecule has 2 aromatic carbocycles. The van der Waals surface area contributed by atoms with Crippen molar-refractivity contribution in [2.45, 2.75) is 32.2 Å². The van der Waals surface area contributed by atoms with Crippen LogP contribution in [0.1, 0.15) is 41.6 Å². The van der Waals surface area contributed by atoms with Crippen LogP contribution in [0.4, 0.5) is 0 Å². The molecule has 1 amide bonds. The molecule has 118 valence electrons. The number of unbranched alkanes of at least 4 members (excludes halogenated alkanes) is 3. The minimum absolute atomic E-state index is 0.184. The molecule has 0 radical (unpaired) electrons. The number of hydrogen-bond acceptors (Lipinski definition) is 1. The normalized spacial score (nSPS) is 13.2. The minimum atomic E-state index is 0.184. The van der Waals surface area contributed by atoms with E-state index in [1.807, 2.05) is 35.2 Å². The molecule has 0 fully saturated rings. The van der Waals surface area contributed by atoms with Crippen molar-refractivity contribution >= 4 is 5.91 Å². The number of hydrogen-bond donors (Lipinski definition) is 0. The van der Waals surface area contributed by atoms with Gasteiger partial charge in [0.25, 0.3) is 5.91 Å². The first-order valence-corrected chi connectivity index (χ1v) is 8.38. The number of allylic oxidation sites excluding steroid dienone is 1. The molecular formula is C21H23NO. The van der Waals surface area contributed by atoms with Crippen LogP contribution < -0.4 is 0 Å². The lowest BCUT2D eigenvalue weighted by Gasteiger charge is -2.15. The number of amides is 1. The van der Waals surface area contributed by atoms with E-state index in [4.69, 9.17) is 0 Å². The lowest BCUT2D eigenvalue weighted by Crippen LogP contribution is -2.24. The van der Waals surface area contributed by atoms with Gasteiger partial charge in [-0.1, -0.05) is 48.9 Å². The summed E-state index contributed by atoms with van der Waals surface area (Å²) in [6.07, 6.45) is 6.41. The average molecular weight is 305 g/mol. The molecule has 3 rings (SSSR count). The summed E-state index contributed by atoms with van der Waals surface area (Å²) in [5.74, 6) is 0.184. The van der Waals surface area contributed by atoms with Crippen LogP contribution in [0, 0.1) is 0 Å². The van der Waals surface area contributed by atoms with Gasteiger partial charge in [0, 0.05) is 18.7 Å². The minimum Gasteiger partial charge on any atom is -0.334 e. The standard InChI is InChI=1S/C21H23NO/c1-2-3-4-5-9-14-22-16-19-15-18(12-13-20(19)21(22)23)17-10-7-6-8-11-17/h2,6-8,10-13,15H,1,3-5,9,14,16H2. The molecule has 0 aromatic heterocycles. The number of carbonyl (C=O) groups is 1. The zero-order valence-electron chi connectivity index (χ0n) is 13.5. The Morgan fingerprint density at radius 2 is 1.83 bits per heavy atom. The predicted octanol–water partition coefficient (Wildman–Crippen LogP) is 5.06. The highest BCUT2D eigenvalue weighted by Crippen LogP contribution is 2.28. The van der Waals surface area contributed by atoms with Crippen LogP contribution in [0.3, 0.4) is 0 Å². The predicted molar refractivity (Wildman–Crippen MR) is 95.3 cm³/mol. The van der Waals surface area contributed by atoms with E-state index in [0.29, 0.717) is 0 Å². The van der Waals surface area contributed by atoms with Gasteiger partial charge in [-0.3, -0.25) is 4.79 Å². The molecule has 0 bridgehead atoms. The zero-order chi connectivity index (χ0) is 16.1. The summed E-state index contributed by atoms with van der Waals surface area (Å²) in [4.78, 5) is 14.5. The molecule has 0 N–H and O–H groups in total. The van der Waals surface area contributed by atoms with Crippen molar-refractivity contribution in [1.29, 1.82) is 0 Å². The van der Waals surface area contributed by atoms with Crippen molar-refractivity contribution < 1.29 is 4.79 Å². The van der Waals surface area contributed by atoms with Crippen LogP contribution in [-0.4, -0.2) is 17.4 Å². The summed E-state index contributed by atoms with van der Waals surface area (Å²) in [6.45, 7) is 5.34. The largest absolute Gasteiger partial charge is 0.334 e. The maximum atomic E-state index is 12.5. The van der Waals surface area contributed by atoms with Gasteiger partial charge in [0.2, 0.25) is 0 Å². The molecule has 2 heteroatoms. The number of rotatable bonds is 7. The first kappa shape index (κ1) is 15.5. The van der Waals surface area contributed by atoms with Crippen LogP contribution in [-0.2, 0) is 6.54 Å². The highest BCUT2D eigenvalue weighted by molar-refractivity contribution is 5.99. The maximum absolute atomic E-state index is 12.5. The number of fused-ring (bicyclic) bond motifs is 1. The Kier molecular flexibility index (Phi) is 4.92. The van der Waals surface area contributed by atoms with Crippen LogP contribution in [0.5, 0.6) is 0 Å². The Morgan fingerprint density at radius 1 is 1.00 bits per heavy atom. The monoisotopic (exact) mass is 305 g/mol. The van der Waals surface area contributed by atoms with Gasteiger partial charge in [0.15, 0.2) is 0 Å². The third kappa shape index (κ3) is 3.53. The summed E-state index contributed by atoms with van der Waals surface area (Å²) in [5, 5.41) is 0. The molecule has 23 heavy (non-hydrogen) atoms. The molecule has 0 saturated carbocycles. The molecule has 0 aliphatic carbocycles. The summed E-state index contributed by atoms with van der Waals surface area (Å²) in [7, 11) is 0. The molecule has 0 saturated heterocycles. The Balaban J connectivity index is 1.66. The second-order valence-corrected chi connectivity index (χ2v) is 6.10. The smallest absolute Gasteiger partial charge is 0.254 e. The average Bonchev–Trinajstić information content (AvgIpc) is 2.91. The molecule has 2 nitrogen and oxygen atoms in total. The van der Waals surface area contributed by atoms with Crippen molar-refractivity contribution in [3.63, 3.8) is 0 Å². The molecule has 1 aliphatic heterocycles. The van der Waals surface area contributed by atoms with E-state index in [1.165, 1.54) is 11.1 Å². The van der Waals surface area contributed by atoms with E-state index in [0.717, 1.165) is 49.9 Å². The molecular weight excluding hydrogens is 282 g/mol. The van der Waals surface area contributed by atoms with E-state index in [-0.39, 0.29) is 5.91 Å². The van der Waals surface area contributed by atoms with E-state index in [1.54, 1.807) is 0 Å². The Labute approximate surface area is 138 Å². The van der Waals surface area contributed by atoms with Crippen molar-refractivity contribution in [2.24, 2.45) is 0 Å². The molecule has 1 aliphatic rings. The molecule has 0 spiro atoms. The third-order valence-corrected chi connectivity index (χ3v) is 4.43. The Bertz CT molecular complexity index is 690. The van der Waals surface area contributed by atoms with Gasteiger partial charge in [-0.15, -0.1) is 6.58 Å². The first-order chi connectivity index (χ1) is 11.3. The second kappa shape index (κ2) is 7.28. The topological polar surface area (TPSA) is 20.3 Å². The molecule has 0 atom stereocenters. The molecule has 0 unspecified atom stereocenters. The van der Waals surface area contributed by atoms with Crippen LogP contribution in [0.2, 0.25) is 0 Å². The van der Waals surface area contributed by atoms with Gasteiger partial charge < -0.3 is 4.90 Å². The van der Waals surface area contributed by atoms with E-state index >= 15 is 0 Å². The van der Waals surface area contributed by atoms with Crippen LogP contribution in [0.25, 0.3) is 11.1 Å². The lowest BCUT2D eigenvalue weighted by molar-refractivity contribution is 0.0775. The quantitative estimate of drug-likeness (QED) is 0.517. The van der Waals surface area contributed by atoms with Crippen LogP contribution >= 0.6 is 0 Å². The highest BCUT2D eigenvalue weighted by Gasteiger charge is 2.26. The Morgan fingerprint density at radius 3 is 2.61 bits per heavy atom. The van der Waals surface area contributed by atoms with Crippen molar-refractivity contribution in [3.8, 4) is 11.1 Å². The lowest BCUT2D eigenvalue weighted by atomic mass is 10.0. The van der Waals surface area contributed by atoms with Gasteiger partial charge in [0.05, 0.1) is 0 Å². The van der Waals surface area contributed by atoms with Gasteiger partial charge >= 0.3 is 0 Å². The first-order valence-electron chi connectivity index (χ1n) is 8.38. The number of benzene rings is 2. The van der Waals surface area contributed by atoms with Gasteiger partial charge in [-0.25, -0.2) is 0 Å². The fourth-order valence-corrected chi connectivity index (χ4v) is 3.14. The van der Waals surface area contributed by atoms with Gasteiger partial charge in [-0.2, -0.15) is 0 Å². The van der Waals surface area contributed by atoms with Crippen molar-refractivity contribution in [1.82, 2.24) is 4.90 Å². The van der Waals surface area contributed by atoms with E-state index in [9.17, 15) is 4.79 Å². The van der Waals surface area contributed by atoms with Gasteiger partial charge in [-0.05, 0) is 48.1 Å². The van der Waals surface area contributed by atoms with Gasteiger partial charge in [0.1, 0.15) is 0 Å². The van der Waals surface area contributed by atoms with E-state index in [2.05, 4.69) is 30.8 Å². The zero-order valence-corrected chi connectivity index (χ0v) is 13.5. The third-order valence-electron chi connectivity index (χ3n) is 4.43. The van der Waals surface area contributed by atoms with Crippen molar-refractivity contribution in [2.75, 3.05) is 6.54 Å². The highest BCUT2D eigenvalue weighted by atomic mass is 16.2. The van der Waals surface area contributed by atoms with Crippen molar-refractivity contribution in [3.05, 3.63) is 72.3 Å². The van der Waals surface area contributed by atoms with E-state index < -0.39 is 0 Å². The molecule has 1 heterocycles. The summed E-state index contributed by atoms with van der Waals surface area (Å²) in [5.41, 5.74) is 4.41. The molecule has 2 aromatic rings. The SMILES string of the molecule is C=CCCCCCN1Cc2cc(-c3ccccc3)ccc2C1=O. The number of carbonyl (C=O) groups excluding carboxylic acids is 1. The summed E-state index contributed by atoms with van der Waals surface area (Å²) in [6, 6.07) is 16.5. The fraction of sp³-hybridized carbons (Fsp3) is 0.286. The van der Waals surface area contributed by atoms with Crippen LogP contribution in [0.15, 0.2) is 61.2 Å². The summed E-state index contributed by atoms with van der Waals surface area (Å²) >= 11 is 0. The summed E-state index contributed by atoms with van der Waals surface area (Å²) < 4.78 is 0. The Hall–Kier alpha value is -2.35. The number of nitrogens with zero attached hydrogens (tertiary/aromatic N) is 1. The maximum Gasteiger partial charge on any atom is 0.254 e. The second-order valence-electron chi connectivity index (χ2n) is 6.10.